The molecule has 0 radical (unpaired) electrons. The smallest absolute Gasteiger partial charge is 0.243 e. The Hall–Kier alpha value is -2.26. The predicted molar refractivity (Wildman–Crippen MR) is 139 cm³/mol. The molecule has 1 aliphatic rings. The van der Waals surface area contributed by atoms with Crippen molar-refractivity contribution in [3.05, 3.63) is 98.9 Å². The van der Waals surface area contributed by atoms with Gasteiger partial charge < -0.3 is 4.90 Å². The summed E-state index contributed by atoms with van der Waals surface area (Å²) in [6, 6.07) is 21.9. The number of halogens is 2. The number of sulfonamides is 1. The first kappa shape index (κ1) is 23.9. The van der Waals surface area contributed by atoms with Gasteiger partial charge in [-0.1, -0.05) is 50.1 Å². The molecule has 1 aliphatic heterocycles. The quantitative estimate of drug-likeness (QED) is 0.277. The third-order valence-electron chi connectivity index (χ3n) is 5.50. The number of carbonyl (C=O) groups excluding carboxylic acids is 1. The standard InChI is InChI=1S/C25H22Br2N2O3S/c26-21-6-1-19(2-7-21)3-14-25(30)20-4-10-23(11-5-20)28-15-17-29(18-16-28)33(31,32)24-12-8-22(27)9-13-24/h1-14H,15-18H2. The van der Waals surface area contributed by atoms with Gasteiger partial charge in [0.05, 0.1) is 4.90 Å². The lowest BCUT2D eigenvalue weighted by Crippen LogP contribution is -2.48. The van der Waals surface area contributed by atoms with E-state index in [1.54, 1.807) is 36.4 Å². The average Bonchev–Trinajstić information content (AvgIpc) is 2.84. The Morgan fingerprint density at radius 3 is 1.88 bits per heavy atom. The monoisotopic (exact) mass is 588 g/mol. The van der Waals surface area contributed by atoms with E-state index < -0.39 is 10.0 Å². The van der Waals surface area contributed by atoms with Crippen molar-refractivity contribution < 1.29 is 13.2 Å². The summed E-state index contributed by atoms with van der Waals surface area (Å²) in [6.45, 7) is 2.00. The van der Waals surface area contributed by atoms with Crippen molar-refractivity contribution in [2.24, 2.45) is 0 Å². The lowest BCUT2D eigenvalue weighted by molar-refractivity contribution is 0.104. The molecule has 0 spiro atoms. The number of nitrogens with zero attached hydrogens (tertiary/aromatic N) is 2. The van der Waals surface area contributed by atoms with E-state index in [1.807, 2.05) is 48.5 Å². The van der Waals surface area contributed by atoms with Crippen molar-refractivity contribution in [2.45, 2.75) is 4.90 Å². The molecular formula is C25H22Br2N2O3S. The van der Waals surface area contributed by atoms with E-state index in [0.717, 1.165) is 20.2 Å². The molecule has 1 heterocycles. The van der Waals surface area contributed by atoms with Crippen molar-refractivity contribution >= 4 is 59.4 Å². The topological polar surface area (TPSA) is 57.7 Å². The molecule has 0 saturated carbocycles. The number of benzene rings is 3. The molecule has 1 saturated heterocycles. The summed E-state index contributed by atoms with van der Waals surface area (Å²) in [6.07, 6.45) is 3.37. The predicted octanol–water partition coefficient (Wildman–Crippen LogP) is 5.62. The summed E-state index contributed by atoms with van der Waals surface area (Å²) in [5.74, 6) is -0.0603. The van der Waals surface area contributed by atoms with E-state index in [9.17, 15) is 13.2 Å². The van der Waals surface area contributed by atoms with Crippen molar-refractivity contribution in [3.63, 3.8) is 0 Å². The molecule has 8 heteroatoms. The molecule has 3 aromatic carbocycles. The summed E-state index contributed by atoms with van der Waals surface area (Å²) in [5, 5.41) is 0. The van der Waals surface area contributed by atoms with Crippen LogP contribution in [0, 0.1) is 0 Å². The van der Waals surface area contributed by atoms with Crippen molar-refractivity contribution in [1.82, 2.24) is 4.31 Å². The third kappa shape index (κ3) is 5.81. The van der Waals surface area contributed by atoms with Crippen molar-refractivity contribution in [3.8, 4) is 0 Å². The maximum Gasteiger partial charge on any atom is 0.243 e. The Morgan fingerprint density at radius 1 is 0.758 bits per heavy atom. The summed E-state index contributed by atoms with van der Waals surface area (Å²) in [5.41, 5.74) is 2.55. The van der Waals surface area contributed by atoms with Gasteiger partial charge in [-0.15, -0.1) is 0 Å². The Balaban J connectivity index is 1.36. The van der Waals surface area contributed by atoms with Gasteiger partial charge in [-0.3, -0.25) is 4.79 Å². The van der Waals surface area contributed by atoms with E-state index in [2.05, 4.69) is 36.8 Å². The van der Waals surface area contributed by atoms with Gasteiger partial charge >= 0.3 is 0 Å². The van der Waals surface area contributed by atoms with Gasteiger partial charge in [-0.05, 0) is 72.3 Å². The highest BCUT2D eigenvalue weighted by Gasteiger charge is 2.28. The minimum Gasteiger partial charge on any atom is -0.369 e. The van der Waals surface area contributed by atoms with E-state index in [0.29, 0.717) is 36.6 Å². The van der Waals surface area contributed by atoms with Gasteiger partial charge in [0, 0.05) is 46.4 Å². The Bertz CT molecular complexity index is 1250. The van der Waals surface area contributed by atoms with Crippen LogP contribution < -0.4 is 4.90 Å². The second-order valence-electron chi connectivity index (χ2n) is 7.64. The van der Waals surface area contributed by atoms with Gasteiger partial charge in [-0.2, -0.15) is 4.31 Å². The van der Waals surface area contributed by atoms with Crippen LogP contribution in [0.5, 0.6) is 0 Å². The van der Waals surface area contributed by atoms with Gasteiger partial charge in [0.1, 0.15) is 0 Å². The van der Waals surface area contributed by atoms with Crippen LogP contribution >= 0.6 is 31.9 Å². The van der Waals surface area contributed by atoms with Crippen LogP contribution in [0.1, 0.15) is 15.9 Å². The van der Waals surface area contributed by atoms with Crippen LogP contribution in [-0.4, -0.2) is 44.7 Å². The number of hydrogen-bond donors (Lipinski definition) is 0. The Morgan fingerprint density at radius 2 is 1.30 bits per heavy atom. The van der Waals surface area contributed by atoms with Gasteiger partial charge in [0.25, 0.3) is 0 Å². The van der Waals surface area contributed by atoms with Gasteiger partial charge in [-0.25, -0.2) is 8.42 Å². The molecule has 5 nitrogen and oxygen atoms in total. The number of rotatable bonds is 6. The zero-order valence-corrected chi connectivity index (χ0v) is 21.7. The second kappa shape index (κ2) is 10.3. The SMILES string of the molecule is O=C(C=Cc1ccc(Br)cc1)c1ccc(N2CCN(S(=O)(=O)c3ccc(Br)cc3)CC2)cc1. The molecule has 0 N–H and O–H groups in total. The number of carbonyl (C=O) groups is 1. The highest BCUT2D eigenvalue weighted by atomic mass is 79.9. The molecule has 0 atom stereocenters. The molecule has 0 aromatic heterocycles. The van der Waals surface area contributed by atoms with Crippen LogP contribution in [0.2, 0.25) is 0 Å². The maximum atomic E-state index is 12.9. The van der Waals surface area contributed by atoms with Crippen LogP contribution in [0.25, 0.3) is 6.08 Å². The molecule has 3 aromatic rings. The fourth-order valence-corrected chi connectivity index (χ4v) is 5.57. The lowest BCUT2D eigenvalue weighted by atomic mass is 10.1. The zero-order chi connectivity index (χ0) is 23.4. The Labute approximate surface area is 211 Å². The largest absolute Gasteiger partial charge is 0.369 e. The van der Waals surface area contributed by atoms with Crippen LogP contribution in [0.4, 0.5) is 5.69 Å². The number of piperazine rings is 1. The summed E-state index contributed by atoms with van der Waals surface area (Å²) in [4.78, 5) is 14.9. The normalized spacial score (nSPS) is 15.2. The maximum absolute atomic E-state index is 12.9. The van der Waals surface area contributed by atoms with Crippen LogP contribution in [-0.2, 0) is 10.0 Å². The van der Waals surface area contributed by atoms with Gasteiger partial charge in [0.15, 0.2) is 5.78 Å². The summed E-state index contributed by atoms with van der Waals surface area (Å²) in [7, 11) is -3.50. The number of anilines is 1. The summed E-state index contributed by atoms with van der Waals surface area (Å²) < 4.78 is 29.1. The number of ketones is 1. The minimum atomic E-state index is -3.50. The van der Waals surface area contributed by atoms with Gasteiger partial charge in [0.2, 0.25) is 10.0 Å². The highest BCUT2D eigenvalue weighted by Crippen LogP contribution is 2.23. The average molecular weight is 590 g/mol. The molecule has 170 valence electrons. The first-order valence-electron chi connectivity index (χ1n) is 10.4. The first-order valence-corrected chi connectivity index (χ1v) is 13.4. The molecular weight excluding hydrogens is 568 g/mol. The highest BCUT2D eigenvalue weighted by molar-refractivity contribution is 9.10. The zero-order valence-electron chi connectivity index (χ0n) is 17.7. The molecule has 1 fully saturated rings. The van der Waals surface area contributed by atoms with Crippen LogP contribution in [0.3, 0.4) is 0 Å². The first-order chi connectivity index (χ1) is 15.8. The van der Waals surface area contributed by atoms with E-state index >= 15 is 0 Å². The molecule has 4 rings (SSSR count). The molecule has 0 aliphatic carbocycles. The molecule has 33 heavy (non-hydrogen) atoms. The van der Waals surface area contributed by atoms with Crippen LogP contribution in [0.15, 0.2) is 92.7 Å². The molecule has 0 bridgehead atoms. The summed E-state index contributed by atoms with van der Waals surface area (Å²) >= 11 is 6.73. The van der Waals surface area contributed by atoms with E-state index in [4.69, 9.17) is 0 Å². The minimum absolute atomic E-state index is 0.0603. The fourth-order valence-electron chi connectivity index (χ4n) is 3.62. The molecule has 0 unspecified atom stereocenters. The lowest BCUT2D eigenvalue weighted by Gasteiger charge is -2.35. The van der Waals surface area contributed by atoms with E-state index in [-0.39, 0.29) is 5.78 Å². The van der Waals surface area contributed by atoms with Crippen molar-refractivity contribution in [1.29, 1.82) is 0 Å². The fraction of sp³-hybridized carbons (Fsp3) is 0.160. The third-order valence-corrected chi connectivity index (χ3v) is 8.47. The second-order valence-corrected chi connectivity index (χ2v) is 11.4. The van der Waals surface area contributed by atoms with E-state index in [1.165, 1.54) is 4.31 Å². The van der Waals surface area contributed by atoms with Crippen molar-refractivity contribution in [2.75, 3.05) is 31.1 Å². The molecule has 0 amide bonds. The Kier molecular flexibility index (Phi) is 7.48. The number of hydrogen-bond acceptors (Lipinski definition) is 4. The number of allylic oxidation sites excluding steroid dienone is 1.